The maximum absolute atomic E-state index is 10.1. The molecule has 0 fully saturated rings. The summed E-state index contributed by atoms with van der Waals surface area (Å²) in [6, 6.07) is 0. The lowest BCUT2D eigenvalue weighted by molar-refractivity contribution is -0.389. The van der Waals surface area contributed by atoms with Gasteiger partial charge in [-0.2, -0.15) is 0 Å². The van der Waals surface area contributed by atoms with E-state index < -0.39 is 4.92 Å². The van der Waals surface area contributed by atoms with Crippen LogP contribution in [0.3, 0.4) is 0 Å². The van der Waals surface area contributed by atoms with Crippen molar-refractivity contribution in [3.05, 3.63) is 28.2 Å². The molecule has 1 aromatic rings. The quantitative estimate of drug-likeness (QED) is 0.382. The first-order chi connectivity index (χ1) is 5.24. The fourth-order valence-electron chi connectivity index (χ4n) is 0.511. The van der Waals surface area contributed by atoms with Crippen molar-refractivity contribution in [3.63, 3.8) is 0 Å². The monoisotopic (exact) mass is 173 g/mol. The summed E-state index contributed by atoms with van der Waals surface area (Å²) in [5.74, 6) is -0.0517. The Morgan fingerprint density at radius 2 is 2.27 bits per heavy atom. The second-order valence-corrected chi connectivity index (χ2v) is 2.02. The van der Waals surface area contributed by atoms with Crippen molar-refractivity contribution in [2.24, 2.45) is 0 Å². The summed E-state index contributed by atoms with van der Waals surface area (Å²) in [7, 11) is 0. The highest BCUT2D eigenvalue weighted by Crippen LogP contribution is 2.04. The lowest BCUT2D eigenvalue weighted by atomic mass is 10.5. The van der Waals surface area contributed by atoms with Crippen LogP contribution in [-0.2, 0) is 5.88 Å². The molecule has 0 amide bonds. The largest absolute Gasteiger partial charge is 0.381 e. The van der Waals surface area contributed by atoms with Crippen molar-refractivity contribution >= 4 is 17.4 Å². The van der Waals surface area contributed by atoms with Crippen molar-refractivity contribution in [2.75, 3.05) is 0 Å². The summed E-state index contributed by atoms with van der Waals surface area (Å²) < 4.78 is 0. The van der Waals surface area contributed by atoms with Crippen LogP contribution in [-0.4, -0.2) is 14.9 Å². The highest BCUT2D eigenvalue weighted by molar-refractivity contribution is 6.16. The van der Waals surface area contributed by atoms with Crippen molar-refractivity contribution < 1.29 is 4.92 Å². The van der Waals surface area contributed by atoms with Gasteiger partial charge in [0.25, 0.3) is 0 Å². The van der Waals surface area contributed by atoms with Crippen LogP contribution >= 0.6 is 11.6 Å². The number of hydrogen-bond acceptors (Lipinski definition) is 4. The standard InChI is InChI=1S/C5H4ClN3O2/c6-1-4-2-8-5(3-7-4)9(10)11/h2-3H,1H2. The molecule has 0 unspecified atom stereocenters. The molecule has 0 aliphatic heterocycles. The third-order valence-electron chi connectivity index (χ3n) is 1.02. The molecule has 0 aliphatic carbocycles. The Kier molecular flexibility index (Phi) is 2.32. The molecule has 1 rings (SSSR count). The van der Waals surface area contributed by atoms with Crippen LogP contribution in [0.1, 0.15) is 5.69 Å². The van der Waals surface area contributed by atoms with E-state index in [1.807, 2.05) is 0 Å². The van der Waals surface area contributed by atoms with Crippen molar-refractivity contribution in [3.8, 4) is 0 Å². The van der Waals surface area contributed by atoms with Crippen molar-refractivity contribution in [2.45, 2.75) is 5.88 Å². The molecule has 1 heterocycles. The number of nitro groups is 1. The molecule has 11 heavy (non-hydrogen) atoms. The van der Waals surface area contributed by atoms with Gasteiger partial charge in [0.1, 0.15) is 6.20 Å². The van der Waals surface area contributed by atoms with Crippen LogP contribution in [0.25, 0.3) is 0 Å². The predicted octanol–water partition coefficient (Wildman–Crippen LogP) is 1.12. The van der Waals surface area contributed by atoms with E-state index in [-0.39, 0.29) is 11.7 Å². The molecule has 58 valence electrons. The maximum Gasteiger partial charge on any atom is 0.381 e. The average molecular weight is 174 g/mol. The number of halogens is 1. The average Bonchev–Trinajstić information content (AvgIpc) is 2.05. The molecule has 1 aromatic heterocycles. The Labute approximate surface area is 67.2 Å². The molecule has 6 heteroatoms. The van der Waals surface area contributed by atoms with Crippen LogP contribution in [0.4, 0.5) is 5.82 Å². The molecule has 0 saturated heterocycles. The number of nitrogens with zero attached hydrogens (tertiary/aromatic N) is 3. The summed E-state index contributed by atoms with van der Waals surface area (Å²) in [5, 5.41) is 10.1. The van der Waals surface area contributed by atoms with E-state index in [4.69, 9.17) is 11.6 Å². The van der Waals surface area contributed by atoms with Crippen LogP contribution in [0, 0.1) is 10.1 Å². The summed E-state index contributed by atoms with van der Waals surface area (Å²) in [6.45, 7) is 0. The van der Waals surface area contributed by atoms with Gasteiger partial charge in [-0.15, -0.1) is 11.6 Å². The molecule has 0 N–H and O–H groups in total. The van der Waals surface area contributed by atoms with Gasteiger partial charge in [0.15, 0.2) is 6.20 Å². The van der Waals surface area contributed by atoms with Gasteiger partial charge >= 0.3 is 5.82 Å². The maximum atomic E-state index is 10.1. The minimum absolute atomic E-state index is 0.213. The van der Waals surface area contributed by atoms with Gasteiger partial charge in [-0.05, 0) is 9.91 Å². The minimum Gasteiger partial charge on any atom is -0.358 e. The zero-order valence-corrected chi connectivity index (χ0v) is 6.15. The second-order valence-electron chi connectivity index (χ2n) is 1.76. The summed E-state index contributed by atoms with van der Waals surface area (Å²) in [5.41, 5.74) is 0.525. The van der Waals surface area contributed by atoms with E-state index in [0.29, 0.717) is 5.69 Å². The number of rotatable bonds is 2. The Morgan fingerprint density at radius 3 is 2.64 bits per heavy atom. The normalized spacial score (nSPS) is 9.55. The SMILES string of the molecule is O=[N+]([O-])c1cnc(CCl)cn1. The number of alkyl halides is 1. The van der Waals surface area contributed by atoms with Crippen LogP contribution in [0.5, 0.6) is 0 Å². The fraction of sp³-hybridized carbons (Fsp3) is 0.200. The Morgan fingerprint density at radius 1 is 1.55 bits per heavy atom. The molecular weight excluding hydrogens is 170 g/mol. The van der Waals surface area contributed by atoms with E-state index >= 15 is 0 Å². The molecule has 0 atom stereocenters. The van der Waals surface area contributed by atoms with Gasteiger partial charge in [-0.3, -0.25) is 0 Å². The lowest BCUT2D eigenvalue weighted by Gasteiger charge is -1.90. The topological polar surface area (TPSA) is 68.9 Å². The predicted molar refractivity (Wildman–Crippen MR) is 38.2 cm³/mol. The van der Waals surface area contributed by atoms with Gasteiger partial charge in [0.05, 0.1) is 11.6 Å². The summed E-state index contributed by atoms with van der Waals surface area (Å²) >= 11 is 5.39. The van der Waals surface area contributed by atoms with E-state index in [9.17, 15) is 10.1 Å². The van der Waals surface area contributed by atoms with E-state index in [0.717, 1.165) is 6.20 Å². The van der Waals surface area contributed by atoms with E-state index in [2.05, 4.69) is 9.97 Å². The van der Waals surface area contributed by atoms with E-state index in [1.165, 1.54) is 6.20 Å². The number of hydrogen-bond donors (Lipinski definition) is 0. The van der Waals surface area contributed by atoms with Crippen LogP contribution in [0.15, 0.2) is 12.4 Å². The van der Waals surface area contributed by atoms with E-state index in [1.54, 1.807) is 0 Å². The zero-order valence-electron chi connectivity index (χ0n) is 5.40. The molecular formula is C5H4ClN3O2. The van der Waals surface area contributed by atoms with Crippen molar-refractivity contribution in [1.29, 1.82) is 0 Å². The van der Waals surface area contributed by atoms with Crippen molar-refractivity contribution in [1.82, 2.24) is 9.97 Å². The highest BCUT2D eigenvalue weighted by atomic mass is 35.5. The third kappa shape index (κ3) is 1.84. The molecule has 0 radical (unpaired) electrons. The van der Waals surface area contributed by atoms with Gasteiger partial charge in [-0.1, -0.05) is 0 Å². The highest BCUT2D eigenvalue weighted by Gasteiger charge is 2.05. The molecule has 0 bridgehead atoms. The first-order valence-corrected chi connectivity index (χ1v) is 3.29. The summed E-state index contributed by atoms with van der Waals surface area (Å²) in [4.78, 5) is 16.6. The Bertz CT molecular complexity index is 261. The Hall–Kier alpha value is -1.23. The fourth-order valence-corrected chi connectivity index (χ4v) is 0.649. The molecule has 0 aromatic carbocycles. The first-order valence-electron chi connectivity index (χ1n) is 2.75. The second kappa shape index (κ2) is 3.25. The first kappa shape index (κ1) is 7.87. The van der Waals surface area contributed by atoms with Gasteiger partial charge in [-0.25, -0.2) is 4.98 Å². The van der Waals surface area contributed by atoms with Gasteiger partial charge < -0.3 is 10.1 Å². The minimum atomic E-state index is -0.606. The molecule has 5 nitrogen and oxygen atoms in total. The number of aromatic nitrogens is 2. The smallest absolute Gasteiger partial charge is 0.358 e. The molecule has 0 aliphatic rings. The zero-order chi connectivity index (χ0) is 8.27. The Balaban J connectivity index is 2.91. The van der Waals surface area contributed by atoms with Crippen LogP contribution in [0.2, 0.25) is 0 Å². The van der Waals surface area contributed by atoms with Gasteiger partial charge in [0, 0.05) is 0 Å². The summed E-state index contributed by atoms with van der Waals surface area (Å²) in [6.07, 6.45) is 2.36. The molecule has 0 saturated carbocycles. The molecule has 0 spiro atoms. The lowest BCUT2D eigenvalue weighted by Crippen LogP contribution is -1.94. The third-order valence-corrected chi connectivity index (χ3v) is 1.29. The van der Waals surface area contributed by atoms with Gasteiger partial charge in [0.2, 0.25) is 0 Å². The van der Waals surface area contributed by atoms with Crippen LogP contribution < -0.4 is 0 Å².